The topological polar surface area (TPSA) is 76.4 Å². The lowest BCUT2D eigenvalue weighted by Gasteiger charge is -2.05. The molecular weight excluding hydrogens is 270 g/mol. The van der Waals surface area contributed by atoms with E-state index < -0.39 is 5.97 Å². The third kappa shape index (κ3) is 4.89. The Labute approximate surface area is 125 Å². The number of nitriles is 1. The van der Waals surface area contributed by atoms with Gasteiger partial charge in [-0.15, -0.1) is 5.26 Å². The number of ether oxygens (including phenoxy) is 2. The van der Waals surface area contributed by atoms with Gasteiger partial charge in [-0.1, -0.05) is 25.5 Å². The van der Waals surface area contributed by atoms with Crippen LogP contribution in [-0.4, -0.2) is 18.5 Å². The number of unbranched alkanes of at least 4 members (excludes halogenated alkanes) is 1. The van der Waals surface area contributed by atoms with E-state index in [0.29, 0.717) is 19.4 Å². The molecule has 116 valence electrons. The van der Waals surface area contributed by atoms with Crippen LogP contribution in [0.2, 0.25) is 0 Å². The third-order valence-electron chi connectivity index (χ3n) is 3.86. The molecule has 0 spiro atoms. The van der Waals surface area contributed by atoms with Crippen LogP contribution in [0, 0.1) is 28.8 Å². The van der Waals surface area contributed by atoms with Crippen LogP contribution in [0.5, 0.6) is 0 Å². The zero-order valence-electron chi connectivity index (χ0n) is 13.1. The van der Waals surface area contributed by atoms with Gasteiger partial charge in [0.1, 0.15) is 0 Å². The molecule has 2 atom stereocenters. The highest BCUT2D eigenvalue weighted by Crippen LogP contribution is 2.59. The van der Waals surface area contributed by atoms with Crippen molar-refractivity contribution in [2.75, 3.05) is 6.61 Å². The lowest BCUT2D eigenvalue weighted by molar-refractivity contribution is -0.146. The third-order valence-corrected chi connectivity index (χ3v) is 3.86. The minimum absolute atomic E-state index is 0.0368. The summed E-state index contributed by atoms with van der Waals surface area (Å²) in [5.41, 5.74) is 1.17. The minimum atomic E-state index is -0.546. The summed E-state index contributed by atoms with van der Waals surface area (Å²) in [5, 5.41) is 8.15. The Hall–Kier alpha value is -1.83. The standard InChI is InChI=1S/C16H23NO4/c1-11(2)9-12-14(16(12,3)4)15(19)20-8-6-5-7-13(18)21-10-17/h9,12,14H,5-8H2,1-4H3. The molecule has 1 rings (SSSR count). The molecule has 1 saturated carbocycles. The van der Waals surface area contributed by atoms with E-state index in [-0.39, 0.29) is 29.6 Å². The molecule has 5 nitrogen and oxygen atoms in total. The van der Waals surface area contributed by atoms with Gasteiger partial charge in [0, 0.05) is 6.42 Å². The van der Waals surface area contributed by atoms with Gasteiger partial charge in [-0.25, -0.2) is 0 Å². The molecule has 0 bridgehead atoms. The molecule has 0 saturated heterocycles. The Morgan fingerprint density at radius 2 is 1.95 bits per heavy atom. The van der Waals surface area contributed by atoms with Gasteiger partial charge in [-0.3, -0.25) is 9.59 Å². The Bertz CT molecular complexity index is 469. The minimum Gasteiger partial charge on any atom is -0.465 e. The van der Waals surface area contributed by atoms with E-state index in [2.05, 4.69) is 24.7 Å². The Morgan fingerprint density at radius 1 is 1.29 bits per heavy atom. The second-order valence-electron chi connectivity index (χ2n) is 6.26. The van der Waals surface area contributed by atoms with Crippen molar-refractivity contribution in [3.05, 3.63) is 11.6 Å². The average molecular weight is 293 g/mol. The number of hydrogen-bond acceptors (Lipinski definition) is 5. The molecule has 0 amide bonds. The van der Waals surface area contributed by atoms with E-state index in [1.165, 1.54) is 11.8 Å². The Kier molecular flexibility index (Phi) is 5.95. The van der Waals surface area contributed by atoms with Crippen molar-refractivity contribution >= 4 is 11.9 Å². The molecule has 0 aromatic heterocycles. The van der Waals surface area contributed by atoms with Crippen LogP contribution in [0.25, 0.3) is 0 Å². The molecule has 5 heteroatoms. The van der Waals surface area contributed by atoms with Gasteiger partial charge >= 0.3 is 11.9 Å². The number of esters is 2. The smallest absolute Gasteiger partial charge is 0.321 e. The molecule has 0 aromatic rings. The van der Waals surface area contributed by atoms with Crippen molar-refractivity contribution < 1.29 is 19.1 Å². The quantitative estimate of drug-likeness (QED) is 0.312. The maximum Gasteiger partial charge on any atom is 0.321 e. The fourth-order valence-corrected chi connectivity index (χ4v) is 2.53. The summed E-state index contributed by atoms with van der Waals surface area (Å²) in [5.74, 6) is -0.533. The maximum atomic E-state index is 12.0. The van der Waals surface area contributed by atoms with Gasteiger partial charge in [0.05, 0.1) is 12.5 Å². The predicted molar refractivity (Wildman–Crippen MR) is 76.7 cm³/mol. The molecule has 1 aliphatic rings. The van der Waals surface area contributed by atoms with Gasteiger partial charge in [-0.05, 0) is 38.0 Å². The largest absolute Gasteiger partial charge is 0.465 e. The van der Waals surface area contributed by atoms with Gasteiger partial charge in [0.15, 0.2) is 0 Å². The first-order valence-corrected chi connectivity index (χ1v) is 7.21. The van der Waals surface area contributed by atoms with Gasteiger partial charge in [-0.2, -0.15) is 0 Å². The summed E-state index contributed by atoms with van der Waals surface area (Å²) >= 11 is 0. The van der Waals surface area contributed by atoms with E-state index in [4.69, 9.17) is 10.00 Å². The maximum absolute atomic E-state index is 12.0. The van der Waals surface area contributed by atoms with Crippen molar-refractivity contribution in [3.8, 4) is 6.26 Å². The van der Waals surface area contributed by atoms with Crippen LogP contribution >= 0.6 is 0 Å². The molecule has 0 heterocycles. The highest BCUT2D eigenvalue weighted by atomic mass is 16.5. The summed E-state index contributed by atoms with van der Waals surface area (Å²) in [6.07, 6.45) is 4.77. The fourth-order valence-electron chi connectivity index (χ4n) is 2.53. The van der Waals surface area contributed by atoms with Gasteiger partial charge in [0.25, 0.3) is 6.26 Å². The molecule has 0 aromatic carbocycles. The van der Waals surface area contributed by atoms with Crippen LogP contribution in [0.4, 0.5) is 0 Å². The summed E-state index contributed by atoms with van der Waals surface area (Å²) in [6.45, 7) is 8.49. The second-order valence-corrected chi connectivity index (χ2v) is 6.26. The zero-order valence-corrected chi connectivity index (χ0v) is 13.1. The Balaban J connectivity index is 2.25. The molecule has 0 aliphatic heterocycles. The molecule has 1 aliphatic carbocycles. The molecule has 0 N–H and O–H groups in total. The average Bonchev–Trinajstić information content (AvgIpc) is 2.89. The number of hydrogen-bond donors (Lipinski definition) is 0. The Morgan fingerprint density at radius 3 is 2.52 bits per heavy atom. The van der Waals surface area contributed by atoms with Crippen LogP contribution < -0.4 is 0 Å². The molecule has 1 fully saturated rings. The number of nitrogens with zero attached hydrogens (tertiary/aromatic N) is 1. The highest BCUT2D eigenvalue weighted by Gasteiger charge is 2.61. The van der Waals surface area contributed by atoms with Crippen LogP contribution in [0.15, 0.2) is 11.6 Å². The molecule has 21 heavy (non-hydrogen) atoms. The summed E-state index contributed by atoms with van der Waals surface area (Å²) in [6, 6.07) is 0. The number of carbonyl (C=O) groups excluding carboxylic acids is 2. The van der Waals surface area contributed by atoms with E-state index >= 15 is 0 Å². The van der Waals surface area contributed by atoms with Gasteiger partial charge < -0.3 is 9.47 Å². The summed E-state index contributed by atoms with van der Waals surface area (Å²) < 4.78 is 9.42. The molecule has 0 radical (unpaired) electrons. The number of rotatable bonds is 7. The van der Waals surface area contributed by atoms with Crippen molar-refractivity contribution in [1.82, 2.24) is 0 Å². The lowest BCUT2D eigenvalue weighted by atomic mass is 10.1. The van der Waals surface area contributed by atoms with Crippen molar-refractivity contribution in [1.29, 1.82) is 5.26 Å². The van der Waals surface area contributed by atoms with E-state index in [1.807, 2.05) is 13.8 Å². The summed E-state index contributed by atoms with van der Waals surface area (Å²) in [4.78, 5) is 23.0. The fraction of sp³-hybridized carbons (Fsp3) is 0.688. The lowest BCUT2D eigenvalue weighted by Crippen LogP contribution is -2.12. The normalized spacial score (nSPS) is 21.9. The molecular formula is C16H23NO4. The first-order chi connectivity index (χ1) is 9.80. The van der Waals surface area contributed by atoms with E-state index in [0.717, 1.165) is 0 Å². The van der Waals surface area contributed by atoms with Gasteiger partial charge in [0.2, 0.25) is 0 Å². The second kappa shape index (κ2) is 7.26. The van der Waals surface area contributed by atoms with E-state index in [1.54, 1.807) is 0 Å². The first-order valence-electron chi connectivity index (χ1n) is 7.21. The zero-order chi connectivity index (χ0) is 16.0. The number of allylic oxidation sites excluding steroid dienone is 2. The first kappa shape index (κ1) is 17.2. The number of carbonyl (C=O) groups is 2. The summed E-state index contributed by atoms with van der Waals surface area (Å²) in [7, 11) is 0. The molecule has 2 unspecified atom stereocenters. The van der Waals surface area contributed by atoms with Crippen molar-refractivity contribution in [3.63, 3.8) is 0 Å². The SMILES string of the molecule is CC(C)=CC1C(C(=O)OCCCCC(=O)OC#N)C1(C)C. The van der Waals surface area contributed by atoms with Crippen LogP contribution in [-0.2, 0) is 19.1 Å². The van der Waals surface area contributed by atoms with Crippen molar-refractivity contribution in [2.45, 2.75) is 47.0 Å². The predicted octanol–water partition coefficient (Wildman–Crippen LogP) is 2.96. The van der Waals surface area contributed by atoms with E-state index in [9.17, 15) is 9.59 Å². The van der Waals surface area contributed by atoms with Crippen LogP contribution in [0.1, 0.15) is 47.0 Å². The monoisotopic (exact) mass is 293 g/mol. The highest BCUT2D eigenvalue weighted by molar-refractivity contribution is 5.78. The van der Waals surface area contributed by atoms with Crippen LogP contribution in [0.3, 0.4) is 0 Å². The van der Waals surface area contributed by atoms with Crippen molar-refractivity contribution in [2.24, 2.45) is 17.3 Å².